The molecule has 0 saturated carbocycles. The first-order valence-corrected chi connectivity index (χ1v) is 8.26. The van der Waals surface area contributed by atoms with Crippen LogP contribution in [0, 0.1) is 0 Å². The minimum Gasteiger partial charge on any atom is -0.334 e. The Morgan fingerprint density at radius 2 is 2.04 bits per heavy atom. The van der Waals surface area contributed by atoms with E-state index in [9.17, 15) is 9.59 Å². The average Bonchev–Trinajstić information content (AvgIpc) is 3.05. The lowest BCUT2D eigenvalue weighted by atomic mass is 10.2. The Morgan fingerprint density at radius 1 is 1.26 bits per heavy atom. The summed E-state index contributed by atoms with van der Waals surface area (Å²) in [5.41, 5.74) is 1.66. The van der Waals surface area contributed by atoms with Crippen molar-refractivity contribution in [2.45, 2.75) is 26.4 Å². The molecule has 0 unspecified atom stereocenters. The zero-order chi connectivity index (χ0) is 16.8. The molecule has 0 aliphatic rings. The van der Waals surface area contributed by atoms with Gasteiger partial charge in [0.2, 0.25) is 5.91 Å². The third-order valence-electron chi connectivity index (χ3n) is 3.55. The highest BCUT2D eigenvalue weighted by atomic mass is 32.1. The molecule has 2 N–H and O–H groups in total. The number of rotatable bonds is 5. The third kappa shape index (κ3) is 4.82. The van der Waals surface area contributed by atoms with Crippen molar-refractivity contribution in [1.29, 1.82) is 0 Å². The number of urea groups is 1. The minimum absolute atomic E-state index is 0.0284. The van der Waals surface area contributed by atoms with E-state index >= 15 is 0 Å². The molecular weight excluding hydrogens is 310 g/mol. The minimum atomic E-state index is -0.129. The number of thiophene rings is 1. The molecule has 0 aliphatic heterocycles. The number of nitrogens with one attached hydrogen (secondary N) is 2. The van der Waals surface area contributed by atoms with Crippen molar-refractivity contribution in [2.24, 2.45) is 0 Å². The number of carbonyl (C=O) groups excluding carboxylic acids is 2. The van der Waals surface area contributed by atoms with E-state index in [1.165, 1.54) is 6.92 Å². The summed E-state index contributed by atoms with van der Waals surface area (Å²) >= 11 is 1.64. The van der Waals surface area contributed by atoms with Gasteiger partial charge in [-0.05, 0) is 36.1 Å². The normalized spacial score (nSPS) is 11.6. The molecule has 2 aromatic rings. The van der Waals surface area contributed by atoms with Crippen molar-refractivity contribution in [3.63, 3.8) is 0 Å². The summed E-state index contributed by atoms with van der Waals surface area (Å²) in [6, 6.07) is 11.3. The van der Waals surface area contributed by atoms with Gasteiger partial charge in [0.1, 0.15) is 0 Å². The molecule has 5 nitrogen and oxygen atoms in total. The van der Waals surface area contributed by atoms with Gasteiger partial charge in [-0.2, -0.15) is 0 Å². The van der Waals surface area contributed by atoms with E-state index in [1.54, 1.807) is 23.3 Å². The van der Waals surface area contributed by atoms with E-state index in [2.05, 4.69) is 10.6 Å². The fourth-order valence-corrected chi connectivity index (χ4v) is 2.99. The number of benzene rings is 1. The van der Waals surface area contributed by atoms with Gasteiger partial charge in [-0.25, -0.2) is 4.79 Å². The molecule has 1 heterocycles. The fourth-order valence-electron chi connectivity index (χ4n) is 2.16. The van der Waals surface area contributed by atoms with Crippen LogP contribution in [0.25, 0.3) is 0 Å². The largest absolute Gasteiger partial charge is 0.334 e. The standard InChI is InChI=1S/C17H21N3O2S/c1-12(16-8-5-9-23-16)20(3)17(22)18-11-14-6-4-7-15(10-14)19-13(2)21/h4-10,12H,11H2,1-3H3,(H,18,22)(H,19,21)/t12-/m1/s1. The van der Waals surface area contributed by atoms with E-state index in [1.807, 2.05) is 48.7 Å². The summed E-state index contributed by atoms with van der Waals surface area (Å²) in [5, 5.41) is 7.64. The summed E-state index contributed by atoms with van der Waals surface area (Å²) in [6.45, 7) is 3.88. The molecule has 3 amide bonds. The number of amides is 3. The molecule has 0 bridgehead atoms. The second-order valence-electron chi connectivity index (χ2n) is 5.34. The first-order valence-electron chi connectivity index (χ1n) is 7.38. The summed E-state index contributed by atoms with van der Waals surface area (Å²) in [7, 11) is 1.79. The van der Waals surface area contributed by atoms with E-state index in [0.29, 0.717) is 6.54 Å². The molecule has 1 aromatic carbocycles. The van der Waals surface area contributed by atoms with E-state index in [-0.39, 0.29) is 18.0 Å². The summed E-state index contributed by atoms with van der Waals surface area (Å²) in [5.74, 6) is -0.115. The highest BCUT2D eigenvalue weighted by Gasteiger charge is 2.17. The van der Waals surface area contributed by atoms with E-state index in [4.69, 9.17) is 0 Å². The van der Waals surface area contributed by atoms with Crippen LogP contribution in [-0.2, 0) is 11.3 Å². The van der Waals surface area contributed by atoms with Gasteiger partial charge in [0.05, 0.1) is 6.04 Å². The zero-order valence-corrected chi connectivity index (χ0v) is 14.3. The molecule has 0 spiro atoms. The number of hydrogen-bond donors (Lipinski definition) is 2. The Hall–Kier alpha value is -2.34. The third-order valence-corrected chi connectivity index (χ3v) is 4.59. The first-order chi connectivity index (χ1) is 11.0. The van der Waals surface area contributed by atoms with Crippen LogP contribution in [0.5, 0.6) is 0 Å². The molecule has 2 rings (SSSR count). The highest BCUT2D eigenvalue weighted by Crippen LogP contribution is 2.23. The van der Waals surface area contributed by atoms with E-state index < -0.39 is 0 Å². The predicted octanol–water partition coefficient (Wildman–Crippen LogP) is 3.61. The fraction of sp³-hybridized carbons (Fsp3) is 0.294. The summed E-state index contributed by atoms with van der Waals surface area (Å²) in [6.07, 6.45) is 0. The second-order valence-corrected chi connectivity index (χ2v) is 6.32. The van der Waals surface area contributed by atoms with Crippen molar-refractivity contribution < 1.29 is 9.59 Å². The zero-order valence-electron chi connectivity index (χ0n) is 13.5. The Bertz CT molecular complexity index is 670. The Kier molecular flexibility index (Phi) is 5.76. The number of carbonyl (C=O) groups is 2. The van der Waals surface area contributed by atoms with Gasteiger partial charge in [-0.1, -0.05) is 18.2 Å². The maximum Gasteiger partial charge on any atom is 0.317 e. The molecule has 23 heavy (non-hydrogen) atoms. The van der Waals surface area contributed by atoms with Gasteiger partial charge in [-0.15, -0.1) is 11.3 Å². The van der Waals surface area contributed by atoms with Crippen molar-refractivity contribution in [1.82, 2.24) is 10.2 Å². The SMILES string of the molecule is CC(=O)Nc1cccc(CNC(=O)N(C)[C@H](C)c2cccs2)c1. The van der Waals surface area contributed by atoms with Gasteiger partial charge in [0.25, 0.3) is 0 Å². The van der Waals surface area contributed by atoms with Gasteiger partial charge >= 0.3 is 6.03 Å². The molecule has 1 atom stereocenters. The summed E-state index contributed by atoms with van der Waals surface area (Å²) in [4.78, 5) is 26.2. The van der Waals surface area contributed by atoms with Crippen LogP contribution in [0.2, 0.25) is 0 Å². The molecule has 6 heteroatoms. The van der Waals surface area contributed by atoms with Gasteiger partial charge in [0.15, 0.2) is 0 Å². The van der Waals surface area contributed by atoms with Gasteiger partial charge in [0, 0.05) is 31.1 Å². The Morgan fingerprint density at radius 3 is 2.70 bits per heavy atom. The lowest BCUT2D eigenvalue weighted by molar-refractivity contribution is -0.114. The van der Waals surface area contributed by atoms with Crippen LogP contribution >= 0.6 is 11.3 Å². The lowest BCUT2D eigenvalue weighted by Crippen LogP contribution is -2.38. The van der Waals surface area contributed by atoms with Crippen molar-refractivity contribution in [3.8, 4) is 0 Å². The first kappa shape index (κ1) is 17.0. The van der Waals surface area contributed by atoms with Gasteiger partial charge in [-0.3, -0.25) is 4.79 Å². The molecular formula is C17H21N3O2S. The summed E-state index contributed by atoms with van der Waals surface area (Å²) < 4.78 is 0. The average molecular weight is 331 g/mol. The molecule has 122 valence electrons. The Labute approximate surface area is 140 Å². The van der Waals surface area contributed by atoms with Crippen LogP contribution in [0.15, 0.2) is 41.8 Å². The van der Waals surface area contributed by atoms with Crippen LogP contribution in [0.1, 0.15) is 30.3 Å². The Balaban J connectivity index is 1.92. The van der Waals surface area contributed by atoms with Crippen LogP contribution in [0.4, 0.5) is 10.5 Å². The molecule has 0 radical (unpaired) electrons. The van der Waals surface area contributed by atoms with Crippen LogP contribution < -0.4 is 10.6 Å². The molecule has 0 saturated heterocycles. The lowest BCUT2D eigenvalue weighted by Gasteiger charge is -2.24. The maximum atomic E-state index is 12.3. The van der Waals surface area contributed by atoms with Crippen molar-refractivity contribution >= 4 is 29.0 Å². The number of nitrogens with zero attached hydrogens (tertiary/aromatic N) is 1. The van der Waals surface area contributed by atoms with Crippen LogP contribution in [0.3, 0.4) is 0 Å². The molecule has 1 aromatic heterocycles. The highest BCUT2D eigenvalue weighted by molar-refractivity contribution is 7.10. The van der Waals surface area contributed by atoms with Crippen molar-refractivity contribution in [2.75, 3.05) is 12.4 Å². The topological polar surface area (TPSA) is 61.4 Å². The van der Waals surface area contributed by atoms with Crippen molar-refractivity contribution in [3.05, 3.63) is 52.2 Å². The molecule has 0 fully saturated rings. The van der Waals surface area contributed by atoms with E-state index in [0.717, 1.165) is 16.1 Å². The maximum absolute atomic E-state index is 12.3. The second kappa shape index (κ2) is 7.78. The van der Waals surface area contributed by atoms with Gasteiger partial charge < -0.3 is 15.5 Å². The quantitative estimate of drug-likeness (QED) is 0.879. The molecule has 0 aliphatic carbocycles. The number of anilines is 1. The van der Waals surface area contributed by atoms with Crippen LogP contribution in [-0.4, -0.2) is 23.9 Å². The monoisotopic (exact) mass is 331 g/mol. The smallest absolute Gasteiger partial charge is 0.317 e. The predicted molar refractivity (Wildman–Crippen MR) is 93.5 cm³/mol. The number of hydrogen-bond acceptors (Lipinski definition) is 3.